The van der Waals surface area contributed by atoms with Gasteiger partial charge in [0.2, 0.25) is 0 Å². The van der Waals surface area contributed by atoms with Crippen molar-refractivity contribution < 1.29 is 4.74 Å². The summed E-state index contributed by atoms with van der Waals surface area (Å²) in [6, 6.07) is 10.3. The summed E-state index contributed by atoms with van der Waals surface area (Å²) in [5, 5.41) is 12.2. The Morgan fingerprint density at radius 3 is 2.71 bits per heavy atom. The summed E-state index contributed by atoms with van der Waals surface area (Å²) in [5.41, 5.74) is 0.887. The Balaban J connectivity index is 2.39. The minimum Gasteiger partial charge on any atom is -0.496 e. The van der Waals surface area contributed by atoms with E-state index in [0.29, 0.717) is 0 Å². The predicted molar refractivity (Wildman–Crippen MR) is 68.7 cm³/mol. The summed E-state index contributed by atoms with van der Waals surface area (Å²) in [5.74, 6) is 0.902. The van der Waals surface area contributed by atoms with Gasteiger partial charge in [-0.2, -0.15) is 5.26 Å². The zero-order valence-corrected chi connectivity index (χ0v) is 10.8. The molecular weight excluding hydrogens is 212 g/mol. The molecule has 0 fully saturated rings. The average molecular weight is 232 g/mol. The molecule has 0 aliphatic rings. The lowest BCUT2D eigenvalue weighted by Crippen LogP contribution is -2.21. The molecule has 0 radical (unpaired) electrons. The maximum Gasteiger partial charge on any atom is 0.123 e. The molecule has 1 aromatic carbocycles. The topological polar surface area (TPSA) is 45.0 Å². The van der Waals surface area contributed by atoms with Crippen molar-refractivity contribution in [1.29, 1.82) is 5.26 Å². The van der Waals surface area contributed by atoms with Gasteiger partial charge in [-0.05, 0) is 32.9 Å². The third-order valence-electron chi connectivity index (χ3n) is 2.74. The van der Waals surface area contributed by atoms with Crippen molar-refractivity contribution in [3.8, 4) is 11.8 Å². The van der Waals surface area contributed by atoms with Crippen LogP contribution in [0.1, 0.15) is 25.8 Å². The van der Waals surface area contributed by atoms with Crippen molar-refractivity contribution in [3.05, 3.63) is 29.8 Å². The lowest BCUT2D eigenvalue weighted by Gasteiger charge is -2.15. The summed E-state index contributed by atoms with van der Waals surface area (Å²) in [6.45, 7) is 5.51. The first-order chi connectivity index (χ1) is 8.09. The van der Waals surface area contributed by atoms with E-state index in [9.17, 15) is 0 Å². The van der Waals surface area contributed by atoms with Gasteiger partial charge in [-0.15, -0.1) is 0 Å². The molecule has 3 nitrogen and oxygen atoms in total. The zero-order valence-electron chi connectivity index (χ0n) is 10.8. The van der Waals surface area contributed by atoms with Gasteiger partial charge in [0.15, 0.2) is 0 Å². The van der Waals surface area contributed by atoms with Crippen LogP contribution in [0, 0.1) is 16.7 Å². The molecule has 0 aliphatic heterocycles. The molecule has 0 aliphatic carbocycles. The standard InChI is InChI=1S/C14H20N2O/c1-14(2,11-15)8-9-16-10-12-6-4-5-7-13(12)17-3/h4-7,16H,8-10H2,1-3H3. The van der Waals surface area contributed by atoms with E-state index in [1.54, 1.807) is 7.11 Å². The molecule has 0 heterocycles. The molecule has 1 N–H and O–H groups in total. The summed E-state index contributed by atoms with van der Waals surface area (Å²) in [4.78, 5) is 0. The Bertz CT molecular complexity index is 393. The second-order valence-electron chi connectivity index (χ2n) is 4.73. The number of nitrogens with one attached hydrogen (secondary N) is 1. The van der Waals surface area contributed by atoms with Crippen molar-refractivity contribution in [1.82, 2.24) is 5.32 Å². The number of nitriles is 1. The highest BCUT2D eigenvalue weighted by atomic mass is 16.5. The number of benzene rings is 1. The second-order valence-corrected chi connectivity index (χ2v) is 4.73. The van der Waals surface area contributed by atoms with Crippen LogP contribution in [0.5, 0.6) is 5.75 Å². The Kier molecular flexibility index (Phi) is 4.99. The molecule has 1 rings (SSSR count). The van der Waals surface area contributed by atoms with Crippen molar-refractivity contribution >= 4 is 0 Å². The maximum atomic E-state index is 8.89. The molecule has 17 heavy (non-hydrogen) atoms. The van der Waals surface area contributed by atoms with Crippen LogP contribution < -0.4 is 10.1 Å². The van der Waals surface area contributed by atoms with Crippen LogP contribution in [0.3, 0.4) is 0 Å². The molecular formula is C14H20N2O. The molecule has 0 saturated heterocycles. The smallest absolute Gasteiger partial charge is 0.123 e. The van der Waals surface area contributed by atoms with E-state index in [0.717, 1.165) is 30.8 Å². The average Bonchev–Trinajstić information content (AvgIpc) is 2.35. The fourth-order valence-electron chi connectivity index (χ4n) is 1.53. The van der Waals surface area contributed by atoms with Crippen LogP contribution in [0.25, 0.3) is 0 Å². The Morgan fingerprint density at radius 1 is 1.35 bits per heavy atom. The van der Waals surface area contributed by atoms with E-state index in [1.165, 1.54) is 0 Å². The van der Waals surface area contributed by atoms with Crippen LogP contribution in [0.4, 0.5) is 0 Å². The highest BCUT2D eigenvalue weighted by Gasteiger charge is 2.15. The van der Waals surface area contributed by atoms with Gasteiger partial charge < -0.3 is 10.1 Å². The molecule has 3 heteroatoms. The SMILES string of the molecule is COc1ccccc1CNCCC(C)(C)C#N. The van der Waals surface area contributed by atoms with Gasteiger partial charge in [-0.1, -0.05) is 18.2 Å². The van der Waals surface area contributed by atoms with Gasteiger partial charge in [0, 0.05) is 12.1 Å². The van der Waals surface area contributed by atoms with Crippen LogP contribution >= 0.6 is 0 Å². The number of methoxy groups -OCH3 is 1. The van der Waals surface area contributed by atoms with Crippen LogP contribution in [0.15, 0.2) is 24.3 Å². The Labute approximate surface area is 103 Å². The van der Waals surface area contributed by atoms with Gasteiger partial charge in [0.25, 0.3) is 0 Å². The molecule has 0 bridgehead atoms. The number of para-hydroxylation sites is 1. The number of hydrogen-bond donors (Lipinski definition) is 1. The lowest BCUT2D eigenvalue weighted by atomic mass is 9.91. The maximum absolute atomic E-state index is 8.89. The van der Waals surface area contributed by atoms with E-state index in [-0.39, 0.29) is 5.41 Å². The van der Waals surface area contributed by atoms with Crippen molar-refractivity contribution in [3.63, 3.8) is 0 Å². The van der Waals surface area contributed by atoms with Crippen molar-refractivity contribution in [2.24, 2.45) is 5.41 Å². The Hall–Kier alpha value is -1.53. The molecule has 0 saturated carbocycles. The molecule has 92 valence electrons. The van der Waals surface area contributed by atoms with Crippen molar-refractivity contribution in [2.45, 2.75) is 26.8 Å². The minimum atomic E-state index is -0.256. The quantitative estimate of drug-likeness (QED) is 0.767. The van der Waals surface area contributed by atoms with E-state index in [1.807, 2.05) is 38.1 Å². The molecule has 0 spiro atoms. The second kappa shape index (κ2) is 6.27. The van der Waals surface area contributed by atoms with Gasteiger partial charge in [0.05, 0.1) is 18.6 Å². The lowest BCUT2D eigenvalue weighted by molar-refractivity contribution is 0.403. The third kappa shape index (κ3) is 4.46. The zero-order chi connectivity index (χ0) is 12.7. The van der Waals surface area contributed by atoms with Crippen molar-refractivity contribution in [2.75, 3.05) is 13.7 Å². The fourth-order valence-corrected chi connectivity index (χ4v) is 1.53. The van der Waals surface area contributed by atoms with Gasteiger partial charge >= 0.3 is 0 Å². The molecule has 0 unspecified atom stereocenters. The number of nitrogens with zero attached hydrogens (tertiary/aromatic N) is 1. The summed E-state index contributed by atoms with van der Waals surface area (Å²) in [6.07, 6.45) is 0.846. The van der Waals surface area contributed by atoms with Gasteiger partial charge in [-0.3, -0.25) is 0 Å². The highest BCUT2D eigenvalue weighted by Crippen LogP contribution is 2.19. The summed E-state index contributed by atoms with van der Waals surface area (Å²) < 4.78 is 5.27. The molecule has 0 amide bonds. The Morgan fingerprint density at radius 2 is 2.06 bits per heavy atom. The van der Waals surface area contributed by atoms with Gasteiger partial charge in [0.1, 0.15) is 5.75 Å². The number of hydrogen-bond acceptors (Lipinski definition) is 3. The third-order valence-corrected chi connectivity index (χ3v) is 2.74. The first kappa shape index (κ1) is 13.5. The largest absolute Gasteiger partial charge is 0.496 e. The van der Waals surface area contributed by atoms with E-state index in [4.69, 9.17) is 10.00 Å². The van der Waals surface area contributed by atoms with E-state index >= 15 is 0 Å². The van der Waals surface area contributed by atoms with Crippen LogP contribution in [-0.4, -0.2) is 13.7 Å². The number of rotatable bonds is 6. The predicted octanol–water partition coefficient (Wildman–Crippen LogP) is 2.72. The minimum absolute atomic E-state index is 0.256. The molecule has 0 atom stereocenters. The van der Waals surface area contributed by atoms with Gasteiger partial charge in [-0.25, -0.2) is 0 Å². The summed E-state index contributed by atoms with van der Waals surface area (Å²) in [7, 11) is 1.68. The monoisotopic (exact) mass is 232 g/mol. The first-order valence-electron chi connectivity index (χ1n) is 5.83. The molecule has 1 aromatic rings. The van der Waals surface area contributed by atoms with Crippen LogP contribution in [-0.2, 0) is 6.54 Å². The highest BCUT2D eigenvalue weighted by molar-refractivity contribution is 5.32. The number of ether oxygens (including phenoxy) is 1. The fraction of sp³-hybridized carbons (Fsp3) is 0.500. The first-order valence-corrected chi connectivity index (χ1v) is 5.83. The summed E-state index contributed by atoms with van der Waals surface area (Å²) >= 11 is 0. The van der Waals surface area contributed by atoms with E-state index in [2.05, 4.69) is 11.4 Å². The van der Waals surface area contributed by atoms with Crippen LogP contribution in [0.2, 0.25) is 0 Å². The molecule has 0 aromatic heterocycles. The van der Waals surface area contributed by atoms with E-state index < -0.39 is 0 Å². The normalized spacial score (nSPS) is 10.9.